The molecule has 0 bridgehead atoms. The molecule has 0 aliphatic carbocycles. The first kappa shape index (κ1) is 10.7. The maximum absolute atomic E-state index is 3.94. The predicted molar refractivity (Wildman–Crippen MR) is 55.5 cm³/mol. The zero-order valence-electron chi connectivity index (χ0n) is 7.11. The molecule has 12 heavy (non-hydrogen) atoms. The average Bonchev–Trinajstić information content (AvgIpc) is 2.06. The van der Waals surface area contributed by atoms with Crippen molar-refractivity contribution in [2.75, 3.05) is 19.4 Å². The topological polar surface area (TPSA) is 20.8 Å². The quantitative estimate of drug-likeness (QED) is 0.667. The summed E-state index contributed by atoms with van der Waals surface area (Å²) >= 11 is 0. The van der Waals surface area contributed by atoms with Gasteiger partial charge >= 0.3 is 17.7 Å². The maximum atomic E-state index is 3.94. The van der Waals surface area contributed by atoms with Gasteiger partial charge < -0.3 is 5.32 Å². The number of diazo groups is 1. The molecule has 0 saturated heterocycles. The first-order chi connectivity index (χ1) is 5.38. The third-order valence-corrected chi connectivity index (χ3v) is 1.38. The summed E-state index contributed by atoms with van der Waals surface area (Å²) < 4.78 is 0. The number of halogens is 1. The Morgan fingerprint density at radius 3 is 2.50 bits per heavy atom. The van der Waals surface area contributed by atoms with Crippen LogP contribution in [0.15, 0.2) is 24.3 Å². The number of nitrogens with one attached hydrogen (secondary N) is 1. The summed E-state index contributed by atoms with van der Waals surface area (Å²) in [5, 5.41) is 3.03. The maximum Gasteiger partial charge on any atom is 0.450 e. The van der Waals surface area contributed by atoms with Crippen molar-refractivity contribution in [1.29, 1.82) is 0 Å². The highest BCUT2D eigenvalue weighted by Gasteiger charge is 2.13. The van der Waals surface area contributed by atoms with Crippen molar-refractivity contribution in [2.24, 2.45) is 0 Å². The van der Waals surface area contributed by atoms with Crippen molar-refractivity contribution in [2.45, 2.75) is 0 Å². The number of para-hydroxylation sites is 1. The summed E-state index contributed by atoms with van der Waals surface area (Å²) in [6.45, 7) is 0. The molecular formula is C8H12ClN3+2. The van der Waals surface area contributed by atoms with Crippen LogP contribution in [-0.2, 0) is 0 Å². The van der Waals surface area contributed by atoms with Gasteiger partial charge in [-0.2, -0.15) is 0 Å². The molecule has 0 radical (unpaired) electrons. The lowest BCUT2D eigenvalue weighted by molar-refractivity contribution is 1.52. The minimum atomic E-state index is 0. The second kappa shape index (κ2) is 5.39. The van der Waals surface area contributed by atoms with Crippen molar-refractivity contribution in [3.05, 3.63) is 34.2 Å². The second-order valence-corrected chi connectivity index (χ2v) is 2.07. The van der Waals surface area contributed by atoms with Gasteiger partial charge in [0.15, 0.2) is 0 Å². The van der Waals surface area contributed by atoms with E-state index in [-0.39, 0.29) is 12.4 Å². The number of anilines is 1. The Morgan fingerprint density at radius 1 is 1.25 bits per heavy atom. The molecule has 0 aromatic heterocycles. The van der Waals surface area contributed by atoms with Gasteiger partial charge in [-0.15, -0.1) is 12.4 Å². The molecule has 0 heterocycles. The molecule has 0 atom stereocenters. The van der Waals surface area contributed by atoms with E-state index in [0.29, 0.717) is 0 Å². The van der Waals surface area contributed by atoms with E-state index in [1.807, 2.05) is 31.3 Å². The molecule has 0 saturated carbocycles. The number of rotatable bonds is 1. The largest absolute Gasteiger partial charge is 0.450 e. The number of benzene rings is 1. The van der Waals surface area contributed by atoms with Crippen molar-refractivity contribution < 1.29 is 0 Å². The molecule has 3 nitrogen and oxygen atoms in total. The van der Waals surface area contributed by atoms with Crippen LogP contribution in [0.25, 0.3) is 9.95 Å². The van der Waals surface area contributed by atoms with E-state index in [1.54, 1.807) is 7.05 Å². The first-order valence-electron chi connectivity index (χ1n) is 3.45. The zero-order valence-corrected chi connectivity index (χ0v) is 7.93. The molecule has 0 aliphatic heterocycles. The van der Waals surface area contributed by atoms with Crippen LogP contribution >= 0.6 is 12.4 Å². The molecule has 0 spiro atoms. The van der Waals surface area contributed by atoms with Gasteiger partial charge in [0.1, 0.15) is 5.69 Å². The van der Waals surface area contributed by atoms with Crippen molar-refractivity contribution in [3.63, 3.8) is 0 Å². The second-order valence-electron chi connectivity index (χ2n) is 2.07. The van der Waals surface area contributed by atoms with E-state index in [4.69, 9.17) is 0 Å². The van der Waals surface area contributed by atoms with Crippen molar-refractivity contribution in [3.8, 4) is 0 Å². The normalized spacial score (nSPS) is 7.50. The van der Waals surface area contributed by atoms with Gasteiger partial charge in [-0.25, -0.2) is 0 Å². The van der Waals surface area contributed by atoms with Crippen LogP contribution in [0.3, 0.4) is 0 Å². The minimum Gasteiger partial charge on any atom is -0.381 e. The van der Waals surface area contributed by atoms with Crippen molar-refractivity contribution >= 4 is 23.8 Å². The van der Waals surface area contributed by atoms with Crippen LogP contribution < -0.4 is 5.32 Å². The Balaban J connectivity index is 0.00000121. The first-order valence-corrected chi connectivity index (χ1v) is 3.45. The van der Waals surface area contributed by atoms with Gasteiger partial charge in [-0.1, -0.05) is 12.1 Å². The van der Waals surface area contributed by atoms with Crippen LogP contribution in [0.5, 0.6) is 0 Å². The van der Waals surface area contributed by atoms with E-state index in [2.05, 4.69) is 15.3 Å². The van der Waals surface area contributed by atoms with E-state index in [9.17, 15) is 0 Å². The van der Waals surface area contributed by atoms with Crippen molar-refractivity contribution in [1.82, 2.24) is 0 Å². The Hall–Kier alpha value is -1.27. The molecule has 1 aromatic carbocycles. The van der Waals surface area contributed by atoms with E-state index >= 15 is 0 Å². The van der Waals surface area contributed by atoms with Crippen LogP contribution in [0.4, 0.5) is 11.4 Å². The minimum absolute atomic E-state index is 0. The fourth-order valence-electron chi connectivity index (χ4n) is 0.880. The lowest BCUT2D eigenvalue weighted by Crippen LogP contribution is -1.85. The van der Waals surface area contributed by atoms with Gasteiger partial charge in [0.2, 0.25) is 0 Å². The Morgan fingerprint density at radius 2 is 1.92 bits per heavy atom. The fraction of sp³-hybridized carbons (Fsp3) is 0.250. The highest BCUT2D eigenvalue weighted by Crippen LogP contribution is 2.23. The molecule has 4 heteroatoms. The summed E-state index contributed by atoms with van der Waals surface area (Å²) in [5.74, 6) is 0. The van der Waals surface area contributed by atoms with Gasteiger partial charge in [0, 0.05) is 13.1 Å². The molecule has 0 unspecified atom stereocenters. The Kier molecular flexibility index (Phi) is 4.82. The summed E-state index contributed by atoms with van der Waals surface area (Å²) in [5.41, 5.74) is 1.87. The summed E-state index contributed by atoms with van der Waals surface area (Å²) in [4.78, 5) is 7.64. The fourth-order valence-corrected chi connectivity index (χ4v) is 0.880. The van der Waals surface area contributed by atoms with Crippen LogP contribution in [0.1, 0.15) is 0 Å². The molecule has 0 aliphatic rings. The van der Waals surface area contributed by atoms with Crippen LogP contribution in [0, 0.1) is 0 Å². The highest BCUT2D eigenvalue weighted by atomic mass is 35.5. The van der Waals surface area contributed by atoms with E-state index in [0.717, 1.165) is 11.4 Å². The SMILES string of the molecule is C[N+]#[N+]c1ccccc1NC.Cl. The molecule has 0 amide bonds. The predicted octanol–water partition coefficient (Wildman–Crippen LogP) is 3.07. The highest BCUT2D eigenvalue weighted by molar-refractivity contribution is 5.85. The average molecular weight is 186 g/mol. The van der Waals surface area contributed by atoms with Crippen LogP contribution in [-0.4, -0.2) is 14.1 Å². The third-order valence-electron chi connectivity index (χ3n) is 1.38. The molecule has 64 valence electrons. The van der Waals surface area contributed by atoms with Crippen LogP contribution in [0.2, 0.25) is 0 Å². The molecule has 1 rings (SSSR count). The Labute approximate surface area is 78.0 Å². The Bertz CT molecular complexity index is 301. The van der Waals surface area contributed by atoms with Gasteiger partial charge in [-0.3, -0.25) is 0 Å². The monoisotopic (exact) mass is 185 g/mol. The van der Waals surface area contributed by atoms with Gasteiger partial charge in [0.25, 0.3) is 4.98 Å². The summed E-state index contributed by atoms with van der Waals surface area (Å²) in [7, 11) is 3.52. The summed E-state index contributed by atoms with van der Waals surface area (Å²) in [6.07, 6.45) is 0. The van der Waals surface area contributed by atoms with Gasteiger partial charge in [-0.05, 0) is 6.07 Å². The number of hydrogen-bond donors (Lipinski definition) is 1. The lowest BCUT2D eigenvalue weighted by Gasteiger charge is -1.90. The van der Waals surface area contributed by atoms with Gasteiger partial charge in [0.05, 0.1) is 0 Å². The summed E-state index contributed by atoms with van der Waals surface area (Å²) in [6, 6.07) is 7.77. The molecule has 1 N–H and O–H groups in total. The van der Waals surface area contributed by atoms with E-state index in [1.165, 1.54) is 0 Å². The molecular weight excluding hydrogens is 174 g/mol. The van der Waals surface area contributed by atoms with E-state index < -0.39 is 0 Å². The third kappa shape index (κ3) is 2.40. The number of nitrogens with zero attached hydrogens (tertiary/aromatic N) is 2. The molecule has 0 fully saturated rings. The molecule has 1 aromatic rings. The zero-order chi connectivity index (χ0) is 8.10. The standard InChI is InChI=1S/C8H11N3.ClH/c1-9-7-5-3-4-6-8(7)11-10-2;/h3-6,9H,1-2H3;1H/q+2;. The smallest absolute Gasteiger partial charge is 0.381 e. The number of hydrogen-bond acceptors (Lipinski definition) is 1. The lowest BCUT2D eigenvalue weighted by atomic mass is 10.3.